The molecule has 0 saturated heterocycles. The average molecular weight is 368 g/mol. The van der Waals surface area contributed by atoms with Crippen molar-refractivity contribution in [2.75, 3.05) is 0 Å². The van der Waals surface area contributed by atoms with Crippen molar-refractivity contribution in [3.63, 3.8) is 0 Å². The molecule has 0 aromatic carbocycles. The monoisotopic (exact) mass is 367 g/mol. The van der Waals surface area contributed by atoms with Gasteiger partial charge in [-0.25, -0.2) is 0 Å². The third-order valence-corrected chi connectivity index (χ3v) is 4.52. The Bertz CT molecular complexity index is 641. The number of halogens is 1. The van der Waals surface area contributed by atoms with Crippen molar-refractivity contribution in [2.45, 2.75) is 53.2 Å². The number of nitrogens with one attached hydrogen (secondary N) is 1. The molecule has 0 spiro atoms. The Morgan fingerprint density at radius 1 is 1.45 bits per heavy atom. The lowest BCUT2D eigenvalue weighted by atomic mass is 10.1. The van der Waals surface area contributed by atoms with Crippen LogP contribution in [0.1, 0.15) is 43.3 Å². The van der Waals surface area contributed by atoms with Crippen LogP contribution in [0.3, 0.4) is 0 Å². The van der Waals surface area contributed by atoms with E-state index in [1.807, 2.05) is 37.8 Å². The van der Waals surface area contributed by atoms with E-state index in [1.54, 1.807) is 4.68 Å². The second-order valence-corrected chi connectivity index (χ2v) is 6.22. The first-order valence-corrected chi connectivity index (χ1v) is 8.22. The van der Waals surface area contributed by atoms with Crippen LogP contribution in [0.15, 0.2) is 16.9 Å². The maximum absolute atomic E-state index is 12.1. The second-order valence-electron chi connectivity index (χ2n) is 5.37. The van der Waals surface area contributed by atoms with E-state index in [2.05, 4.69) is 38.4 Å². The first-order valence-electron chi connectivity index (χ1n) is 7.43. The minimum Gasteiger partial charge on any atom is -0.349 e. The highest BCUT2D eigenvalue weighted by Gasteiger charge is 2.15. The summed E-state index contributed by atoms with van der Waals surface area (Å²) in [5.74, 6) is 0.0143. The largest absolute Gasteiger partial charge is 0.349 e. The van der Waals surface area contributed by atoms with Crippen molar-refractivity contribution >= 4 is 21.8 Å². The van der Waals surface area contributed by atoms with Crippen LogP contribution in [-0.2, 0) is 17.9 Å². The van der Waals surface area contributed by atoms with E-state index in [1.165, 1.54) is 0 Å². The summed E-state index contributed by atoms with van der Waals surface area (Å²) in [5.41, 5.74) is 3.09. The molecule has 0 fully saturated rings. The van der Waals surface area contributed by atoms with E-state index < -0.39 is 0 Å². The maximum Gasteiger partial charge on any atom is 0.222 e. The van der Waals surface area contributed by atoms with Crippen LogP contribution in [0.2, 0.25) is 0 Å². The van der Waals surface area contributed by atoms with Gasteiger partial charge in [-0.3, -0.25) is 14.2 Å². The van der Waals surface area contributed by atoms with Gasteiger partial charge in [0.25, 0.3) is 0 Å². The molecule has 2 heterocycles. The minimum atomic E-state index is -0.0427. The van der Waals surface area contributed by atoms with Crippen LogP contribution in [-0.4, -0.2) is 25.5 Å². The molecule has 2 rings (SSSR count). The van der Waals surface area contributed by atoms with E-state index in [-0.39, 0.29) is 11.9 Å². The van der Waals surface area contributed by atoms with Crippen LogP contribution in [0.5, 0.6) is 0 Å². The van der Waals surface area contributed by atoms with Crippen LogP contribution in [0, 0.1) is 13.8 Å². The first kappa shape index (κ1) is 16.7. The Balaban J connectivity index is 1.89. The van der Waals surface area contributed by atoms with Gasteiger partial charge in [-0.05, 0) is 43.6 Å². The predicted molar refractivity (Wildman–Crippen MR) is 88.5 cm³/mol. The number of carbonyl (C=O) groups excluding carboxylic acids is 1. The molecule has 22 heavy (non-hydrogen) atoms. The lowest BCUT2D eigenvalue weighted by Crippen LogP contribution is -2.27. The number of hydrogen-bond acceptors (Lipinski definition) is 3. The Morgan fingerprint density at radius 3 is 2.73 bits per heavy atom. The highest BCUT2D eigenvalue weighted by molar-refractivity contribution is 9.10. The fourth-order valence-corrected chi connectivity index (χ4v) is 2.74. The highest BCUT2D eigenvalue weighted by Crippen LogP contribution is 2.17. The van der Waals surface area contributed by atoms with Crippen molar-refractivity contribution in [3.05, 3.63) is 33.8 Å². The fraction of sp³-hybridized carbons (Fsp3) is 0.533. The van der Waals surface area contributed by atoms with E-state index in [0.717, 1.165) is 28.0 Å². The Hall–Kier alpha value is -1.63. The summed E-state index contributed by atoms with van der Waals surface area (Å²) in [7, 11) is 0. The molecule has 2 aromatic heterocycles. The van der Waals surface area contributed by atoms with Gasteiger partial charge >= 0.3 is 0 Å². The molecule has 6 nitrogen and oxygen atoms in total. The first-order chi connectivity index (χ1) is 10.4. The lowest BCUT2D eigenvalue weighted by molar-refractivity contribution is -0.122. The molecule has 1 amide bonds. The second kappa shape index (κ2) is 7.09. The molecule has 0 radical (unpaired) electrons. The van der Waals surface area contributed by atoms with Crippen molar-refractivity contribution in [1.29, 1.82) is 0 Å². The zero-order chi connectivity index (χ0) is 16.3. The number of carbonyl (C=O) groups is 1. The van der Waals surface area contributed by atoms with Gasteiger partial charge in [-0.2, -0.15) is 10.2 Å². The molecule has 0 aliphatic rings. The van der Waals surface area contributed by atoms with Crippen molar-refractivity contribution < 1.29 is 4.79 Å². The average Bonchev–Trinajstić information content (AvgIpc) is 2.99. The molecule has 2 aromatic rings. The molecule has 0 aliphatic heterocycles. The molecule has 0 saturated carbocycles. The molecule has 1 unspecified atom stereocenters. The topological polar surface area (TPSA) is 64.7 Å². The summed E-state index contributed by atoms with van der Waals surface area (Å²) in [6, 6.07) is -0.0427. The number of nitrogens with zero attached hydrogens (tertiary/aromatic N) is 4. The SMILES string of the molecule is CCn1ncc(C(C)NC(=O)CCn2cc(Br)c(C)n2)c1C. The standard InChI is InChI=1S/C15H22BrN5O/c1-5-21-12(4)13(8-17-21)10(2)18-15(22)6-7-20-9-14(16)11(3)19-20/h8-10H,5-7H2,1-4H3,(H,18,22). The molecule has 0 aliphatic carbocycles. The smallest absolute Gasteiger partial charge is 0.222 e. The van der Waals surface area contributed by atoms with Crippen molar-refractivity contribution in [2.24, 2.45) is 0 Å². The minimum absolute atomic E-state index is 0.0143. The fourth-order valence-electron chi connectivity index (χ4n) is 2.42. The molecule has 120 valence electrons. The molecular weight excluding hydrogens is 346 g/mol. The number of hydrogen-bond donors (Lipinski definition) is 1. The zero-order valence-corrected chi connectivity index (χ0v) is 15.0. The summed E-state index contributed by atoms with van der Waals surface area (Å²) in [4.78, 5) is 12.1. The van der Waals surface area contributed by atoms with Crippen LogP contribution < -0.4 is 5.32 Å². The van der Waals surface area contributed by atoms with Crippen LogP contribution in [0.25, 0.3) is 0 Å². The van der Waals surface area contributed by atoms with E-state index in [0.29, 0.717) is 13.0 Å². The summed E-state index contributed by atoms with van der Waals surface area (Å²) in [6.45, 7) is 9.39. The van der Waals surface area contributed by atoms with Gasteiger partial charge in [0.2, 0.25) is 5.91 Å². The van der Waals surface area contributed by atoms with Gasteiger partial charge in [0, 0.05) is 37.0 Å². The van der Waals surface area contributed by atoms with Crippen molar-refractivity contribution in [3.8, 4) is 0 Å². The molecule has 1 N–H and O–H groups in total. The maximum atomic E-state index is 12.1. The van der Waals surface area contributed by atoms with Gasteiger partial charge < -0.3 is 5.32 Å². The van der Waals surface area contributed by atoms with Gasteiger partial charge in [-0.15, -0.1) is 0 Å². The van der Waals surface area contributed by atoms with Gasteiger partial charge in [0.05, 0.1) is 22.4 Å². The Kier molecular flexibility index (Phi) is 5.39. The Morgan fingerprint density at radius 2 is 2.18 bits per heavy atom. The molecular formula is C15H22BrN5O. The van der Waals surface area contributed by atoms with Crippen LogP contribution in [0.4, 0.5) is 0 Å². The zero-order valence-electron chi connectivity index (χ0n) is 13.4. The van der Waals surface area contributed by atoms with Gasteiger partial charge in [-0.1, -0.05) is 0 Å². The molecule has 1 atom stereocenters. The number of amides is 1. The quantitative estimate of drug-likeness (QED) is 0.853. The summed E-state index contributed by atoms with van der Waals surface area (Å²) >= 11 is 3.42. The lowest BCUT2D eigenvalue weighted by Gasteiger charge is -2.14. The van der Waals surface area contributed by atoms with Crippen LogP contribution >= 0.6 is 15.9 Å². The number of aryl methyl sites for hydroxylation is 3. The molecule has 7 heteroatoms. The third-order valence-electron chi connectivity index (χ3n) is 3.74. The van der Waals surface area contributed by atoms with E-state index in [4.69, 9.17) is 0 Å². The van der Waals surface area contributed by atoms with E-state index in [9.17, 15) is 4.79 Å². The summed E-state index contributed by atoms with van der Waals surface area (Å²) in [5, 5.41) is 11.7. The van der Waals surface area contributed by atoms with Gasteiger partial charge in [0.15, 0.2) is 0 Å². The highest BCUT2D eigenvalue weighted by atomic mass is 79.9. The van der Waals surface area contributed by atoms with Crippen molar-refractivity contribution in [1.82, 2.24) is 24.9 Å². The third kappa shape index (κ3) is 3.76. The summed E-state index contributed by atoms with van der Waals surface area (Å²) < 4.78 is 4.68. The van der Waals surface area contributed by atoms with E-state index >= 15 is 0 Å². The molecule has 0 bridgehead atoms. The summed E-state index contributed by atoms with van der Waals surface area (Å²) in [6.07, 6.45) is 4.12. The Labute approximate surface area is 139 Å². The number of rotatable bonds is 6. The number of aromatic nitrogens is 4. The van der Waals surface area contributed by atoms with Gasteiger partial charge in [0.1, 0.15) is 0 Å². The normalized spacial score (nSPS) is 12.4. The predicted octanol–water partition coefficient (Wildman–Crippen LogP) is 2.75.